The van der Waals surface area contributed by atoms with Crippen LogP contribution in [0.3, 0.4) is 0 Å². The molecule has 1 aliphatic rings. The average molecular weight is 261 g/mol. The Morgan fingerprint density at radius 1 is 1.42 bits per heavy atom. The van der Waals surface area contributed by atoms with Crippen LogP contribution >= 0.6 is 0 Å². The predicted molar refractivity (Wildman–Crippen MR) is 72.3 cm³/mol. The molecule has 1 aliphatic heterocycles. The van der Waals surface area contributed by atoms with Gasteiger partial charge in [-0.25, -0.2) is 4.39 Å². The van der Waals surface area contributed by atoms with Gasteiger partial charge in [0.05, 0.1) is 7.11 Å². The van der Waals surface area contributed by atoms with Gasteiger partial charge in [0.15, 0.2) is 11.6 Å². The molecule has 0 bridgehead atoms. The zero-order valence-electron chi connectivity index (χ0n) is 10.8. The SMILES string of the molecule is COc1ccc(/C=C/C(=O)N2CC=CCC2)cc1F. The lowest BCUT2D eigenvalue weighted by Gasteiger charge is -2.21. The normalized spacial score (nSPS) is 14.9. The van der Waals surface area contributed by atoms with Crippen LogP contribution in [-0.4, -0.2) is 31.0 Å². The van der Waals surface area contributed by atoms with E-state index in [0.717, 1.165) is 13.0 Å². The minimum atomic E-state index is -0.432. The molecule has 100 valence electrons. The summed E-state index contributed by atoms with van der Waals surface area (Å²) < 4.78 is 18.3. The fourth-order valence-electron chi connectivity index (χ4n) is 1.90. The minimum Gasteiger partial charge on any atom is -0.494 e. The van der Waals surface area contributed by atoms with Crippen LogP contribution in [0.1, 0.15) is 12.0 Å². The van der Waals surface area contributed by atoms with Crippen molar-refractivity contribution in [2.75, 3.05) is 20.2 Å². The van der Waals surface area contributed by atoms with Crippen LogP contribution in [0.4, 0.5) is 4.39 Å². The van der Waals surface area contributed by atoms with Crippen molar-refractivity contribution in [1.82, 2.24) is 4.90 Å². The van der Waals surface area contributed by atoms with Crippen LogP contribution < -0.4 is 4.74 Å². The Morgan fingerprint density at radius 3 is 2.89 bits per heavy atom. The van der Waals surface area contributed by atoms with Gasteiger partial charge in [-0.05, 0) is 30.2 Å². The molecule has 0 saturated carbocycles. The molecule has 0 aliphatic carbocycles. The molecule has 1 amide bonds. The molecule has 19 heavy (non-hydrogen) atoms. The first-order chi connectivity index (χ1) is 9.20. The van der Waals surface area contributed by atoms with Crippen LogP contribution in [0, 0.1) is 5.82 Å². The van der Waals surface area contributed by atoms with Gasteiger partial charge in [-0.3, -0.25) is 4.79 Å². The van der Waals surface area contributed by atoms with E-state index >= 15 is 0 Å². The molecule has 2 rings (SSSR count). The number of carbonyl (C=O) groups excluding carboxylic acids is 1. The first kappa shape index (κ1) is 13.3. The largest absolute Gasteiger partial charge is 0.494 e. The van der Waals surface area contributed by atoms with E-state index in [2.05, 4.69) is 6.08 Å². The van der Waals surface area contributed by atoms with Crippen molar-refractivity contribution < 1.29 is 13.9 Å². The molecule has 0 aromatic heterocycles. The summed E-state index contributed by atoms with van der Waals surface area (Å²) in [5.74, 6) is -0.289. The third kappa shape index (κ3) is 3.44. The molecule has 0 radical (unpaired) electrons. The third-order valence-corrected chi connectivity index (χ3v) is 2.96. The molecular formula is C15H16FNO2. The molecule has 0 saturated heterocycles. The van der Waals surface area contributed by atoms with Crippen LogP contribution in [0.25, 0.3) is 6.08 Å². The van der Waals surface area contributed by atoms with Crippen molar-refractivity contribution in [2.45, 2.75) is 6.42 Å². The number of amides is 1. The minimum absolute atomic E-state index is 0.0550. The predicted octanol–water partition coefficient (Wildman–Crippen LogP) is 2.64. The second-order valence-corrected chi connectivity index (χ2v) is 4.27. The lowest BCUT2D eigenvalue weighted by atomic mass is 10.2. The number of hydrogen-bond acceptors (Lipinski definition) is 2. The van der Waals surface area contributed by atoms with Crippen LogP contribution in [0.2, 0.25) is 0 Å². The Balaban J connectivity index is 2.03. The molecular weight excluding hydrogens is 245 g/mol. The van der Waals surface area contributed by atoms with Gasteiger partial charge in [-0.15, -0.1) is 0 Å². The quantitative estimate of drug-likeness (QED) is 0.618. The number of ether oxygens (including phenoxy) is 1. The monoisotopic (exact) mass is 261 g/mol. The fraction of sp³-hybridized carbons (Fsp3) is 0.267. The summed E-state index contributed by atoms with van der Waals surface area (Å²) in [7, 11) is 1.42. The van der Waals surface area contributed by atoms with Gasteiger partial charge in [0, 0.05) is 19.2 Å². The molecule has 1 aromatic carbocycles. The Morgan fingerprint density at radius 2 is 2.26 bits per heavy atom. The van der Waals surface area contributed by atoms with Crippen molar-refractivity contribution in [3.8, 4) is 5.75 Å². The zero-order valence-corrected chi connectivity index (χ0v) is 10.8. The molecule has 0 N–H and O–H groups in total. The average Bonchev–Trinajstić information content (AvgIpc) is 2.46. The van der Waals surface area contributed by atoms with Crippen LogP contribution in [-0.2, 0) is 4.79 Å². The highest BCUT2D eigenvalue weighted by Crippen LogP contribution is 2.18. The van der Waals surface area contributed by atoms with E-state index in [1.807, 2.05) is 6.08 Å². The van der Waals surface area contributed by atoms with E-state index < -0.39 is 5.82 Å². The first-order valence-electron chi connectivity index (χ1n) is 6.16. The molecule has 4 heteroatoms. The lowest BCUT2D eigenvalue weighted by molar-refractivity contribution is -0.125. The maximum atomic E-state index is 13.5. The first-order valence-corrected chi connectivity index (χ1v) is 6.16. The smallest absolute Gasteiger partial charge is 0.246 e. The Labute approximate surface area is 112 Å². The van der Waals surface area contributed by atoms with E-state index in [9.17, 15) is 9.18 Å². The Bertz CT molecular complexity index is 523. The highest BCUT2D eigenvalue weighted by Gasteiger charge is 2.10. The Hall–Kier alpha value is -2.10. The van der Waals surface area contributed by atoms with Crippen molar-refractivity contribution in [3.63, 3.8) is 0 Å². The lowest BCUT2D eigenvalue weighted by Crippen LogP contribution is -2.32. The number of halogens is 1. The highest BCUT2D eigenvalue weighted by molar-refractivity contribution is 5.92. The Kier molecular flexibility index (Phi) is 4.34. The summed E-state index contributed by atoms with van der Waals surface area (Å²) in [4.78, 5) is 13.6. The number of rotatable bonds is 3. The van der Waals surface area contributed by atoms with Crippen LogP contribution in [0.15, 0.2) is 36.4 Å². The van der Waals surface area contributed by atoms with Crippen molar-refractivity contribution >= 4 is 12.0 Å². The fourth-order valence-corrected chi connectivity index (χ4v) is 1.90. The van der Waals surface area contributed by atoms with Gasteiger partial charge in [-0.1, -0.05) is 18.2 Å². The standard InChI is InChI=1S/C15H16FNO2/c1-19-14-7-5-12(11-13(14)16)6-8-15(18)17-9-3-2-4-10-17/h2-3,5-8,11H,4,9-10H2,1H3/b8-6+. The molecule has 1 aromatic rings. The number of nitrogens with zero attached hydrogens (tertiary/aromatic N) is 1. The van der Waals surface area contributed by atoms with E-state index in [1.165, 1.54) is 19.3 Å². The number of carbonyl (C=O) groups is 1. The van der Waals surface area contributed by atoms with Crippen molar-refractivity contribution in [2.24, 2.45) is 0 Å². The maximum absolute atomic E-state index is 13.5. The van der Waals surface area contributed by atoms with Gasteiger partial charge in [-0.2, -0.15) is 0 Å². The van der Waals surface area contributed by atoms with Crippen molar-refractivity contribution in [1.29, 1.82) is 0 Å². The van der Waals surface area contributed by atoms with E-state index in [0.29, 0.717) is 12.1 Å². The van der Waals surface area contributed by atoms with Gasteiger partial charge < -0.3 is 9.64 Å². The van der Waals surface area contributed by atoms with Crippen molar-refractivity contribution in [3.05, 3.63) is 47.8 Å². The number of hydrogen-bond donors (Lipinski definition) is 0. The molecule has 1 heterocycles. The molecule has 0 atom stereocenters. The molecule has 3 nitrogen and oxygen atoms in total. The maximum Gasteiger partial charge on any atom is 0.246 e. The second kappa shape index (κ2) is 6.18. The van der Waals surface area contributed by atoms with Gasteiger partial charge >= 0.3 is 0 Å². The van der Waals surface area contributed by atoms with E-state index in [4.69, 9.17) is 4.74 Å². The molecule has 0 fully saturated rings. The summed E-state index contributed by atoms with van der Waals surface area (Å²) in [5.41, 5.74) is 0.638. The van der Waals surface area contributed by atoms with Gasteiger partial charge in [0.1, 0.15) is 0 Å². The second-order valence-electron chi connectivity index (χ2n) is 4.27. The number of benzene rings is 1. The summed E-state index contributed by atoms with van der Waals surface area (Å²) in [5, 5.41) is 0. The van der Waals surface area contributed by atoms with E-state index in [-0.39, 0.29) is 11.7 Å². The molecule has 0 unspecified atom stereocenters. The third-order valence-electron chi connectivity index (χ3n) is 2.96. The van der Waals surface area contributed by atoms with Gasteiger partial charge in [0.2, 0.25) is 5.91 Å². The summed E-state index contributed by atoms with van der Waals surface area (Å²) in [6.45, 7) is 1.37. The topological polar surface area (TPSA) is 29.5 Å². The number of methoxy groups -OCH3 is 1. The van der Waals surface area contributed by atoms with Crippen LogP contribution in [0.5, 0.6) is 5.75 Å². The van der Waals surface area contributed by atoms with E-state index in [1.54, 1.807) is 23.1 Å². The zero-order chi connectivity index (χ0) is 13.7. The summed E-state index contributed by atoms with van der Waals surface area (Å²) in [6.07, 6.45) is 8.01. The highest BCUT2D eigenvalue weighted by atomic mass is 19.1. The summed E-state index contributed by atoms with van der Waals surface area (Å²) in [6, 6.07) is 4.60. The summed E-state index contributed by atoms with van der Waals surface area (Å²) >= 11 is 0. The van der Waals surface area contributed by atoms with Gasteiger partial charge in [0.25, 0.3) is 0 Å². The molecule has 0 spiro atoms.